The SMILES string of the molecule is CC/C=C(\C=C/c1ccc2c(c1)C1(C3=C(CCC=C3)c3c1cc1c4c(cccc34)-c3ccccc3-1)c1cc(N(c3ccc(C(C)(C)C)cc3)c3ccc(S(C)(C)C)cc3)ccc1-2)NC. The average Bonchev–Trinajstić information content (AvgIpc) is 3.90. The summed E-state index contributed by atoms with van der Waals surface area (Å²) in [6.07, 6.45) is 21.9. The van der Waals surface area contributed by atoms with E-state index in [0.717, 1.165) is 30.6 Å². The van der Waals surface area contributed by atoms with Crippen LogP contribution in [0.25, 0.3) is 55.8 Å². The highest BCUT2D eigenvalue weighted by Crippen LogP contribution is 2.66. The summed E-state index contributed by atoms with van der Waals surface area (Å²) in [5.41, 5.74) is 23.3. The molecule has 0 aliphatic heterocycles. The van der Waals surface area contributed by atoms with E-state index < -0.39 is 15.4 Å². The van der Waals surface area contributed by atoms with Crippen molar-refractivity contribution in [2.24, 2.45) is 0 Å². The largest absolute Gasteiger partial charge is 0.388 e. The van der Waals surface area contributed by atoms with Crippen LogP contribution in [0, 0.1) is 0 Å². The normalized spacial score (nSPS) is 17.2. The van der Waals surface area contributed by atoms with Gasteiger partial charge in [-0.25, -0.2) is 10.0 Å². The maximum Gasteiger partial charge on any atom is 0.0723 e. The van der Waals surface area contributed by atoms with Gasteiger partial charge in [-0.3, -0.25) is 0 Å². The molecule has 4 aliphatic carbocycles. The van der Waals surface area contributed by atoms with Crippen LogP contribution in [-0.4, -0.2) is 25.8 Å². The number of allylic oxidation sites excluding steroid dienone is 6. The van der Waals surface area contributed by atoms with Gasteiger partial charge in [-0.2, -0.15) is 0 Å². The first-order valence-corrected chi connectivity index (χ1v) is 25.9. The molecule has 0 radical (unpaired) electrons. The molecule has 0 bridgehead atoms. The molecule has 318 valence electrons. The van der Waals surface area contributed by atoms with Gasteiger partial charge < -0.3 is 10.2 Å². The summed E-state index contributed by atoms with van der Waals surface area (Å²) in [7, 11) is 1.13. The summed E-state index contributed by atoms with van der Waals surface area (Å²) in [6.45, 7) is 9.08. The van der Waals surface area contributed by atoms with Crippen LogP contribution in [0.15, 0.2) is 174 Å². The molecule has 1 unspecified atom stereocenters. The fourth-order valence-corrected chi connectivity index (χ4v) is 12.2. The summed E-state index contributed by atoms with van der Waals surface area (Å²) >= 11 is 0. The second-order valence-electron chi connectivity index (χ2n) is 19.9. The second-order valence-corrected chi connectivity index (χ2v) is 24.0. The zero-order valence-electron chi connectivity index (χ0n) is 38.6. The lowest BCUT2D eigenvalue weighted by atomic mass is 9.68. The Morgan fingerprint density at radius 3 is 2.03 bits per heavy atom. The Morgan fingerprint density at radius 1 is 0.688 bits per heavy atom. The van der Waals surface area contributed by atoms with Gasteiger partial charge in [0, 0.05) is 29.8 Å². The topological polar surface area (TPSA) is 15.3 Å². The molecule has 0 amide bonds. The monoisotopic (exact) mass is 850 g/mol. The molecule has 0 fully saturated rings. The third kappa shape index (κ3) is 6.07. The van der Waals surface area contributed by atoms with E-state index in [0.29, 0.717) is 0 Å². The minimum Gasteiger partial charge on any atom is -0.388 e. The molecule has 0 heterocycles. The summed E-state index contributed by atoms with van der Waals surface area (Å²) in [5, 5.41) is 6.18. The number of nitrogens with zero attached hydrogens (tertiary/aromatic N) is 1. The van der Waals surface area contributed by atoms with E-state index in [1.807, 2.05) is 7.05 Å². The maximum absolute atomic E-state index is 3.40. The number of nitrogens with one attached hydrogen (secondary N) is 1. The minimum absolute atomic E-state index is 0.0573. The molecule has 2 nitrogen and oxygen atoms in total. The first-order valence-electron chi connectivity index (χ1n) is 23.1. The first kappa shape index (κ1) is 40.5. The highest BCUT2D eigenvalue weighted by atomic mass is 32.3. The molecule has 11 rings (SSSR count). The van der Waals surface area contributed by atoms with E-state index in [2.05, 4.69) is 221 Å². The van der Waals surface area contributed by atoms with Gasteiger partial charge in [0.1, 0.15) is 0 Å². The minimum atomic E-state index is -0.885. The molecular formula is C61H58N2S. The Kier molecular flexibility index (Phi) is 9.42. The fraction of sp³-hybridized carbons (Fsp3) is 0.213. The number of fused-ring (bicyclic) bond motifs is 13. The van der Waals surface area contributed by atoms with Crippen molar-refractivity contribution in [3.63, 3.8) is 0 Å². The van der Waals surface area contributed by atoms with Gasteiger partial charge in [0.15, 0.2) is 0 Å². The van der Waals surface area contributed by atoms with E-state index in [9.17, 15) is 0 Å². The molecule has 0 aromatic heterocycles. The van der Waals surface area contributed by atoms with Crippen molar-refractivity contribution in [2.45, 2.75) is 62.7 Å². The van der Waals surface area contributed by atoms with Crippen molar-refractivity contribution in [3.05, 3.63) is 202 Å². The van der Waals surface area contributed by atoms with Crippen LogP contribution in [0.3, 0.4) is 0 Å². The number of hydrogen-bond donors (Lipinski definition) is 1. The number of anilines is 3. The lowest BCUT2D eigenvalue weighted by Crippen LogP contribution is -2.27. The Morgan fingerprint density at radius 2 is 1.34 bits per heavy atom. The van der Waals surface area contributed by atoms with Crippen LogP contribution in [0.5, 0.6) is 0 Å². The maximum atomic E-state index is 3.40. The number of hydrogen-bond acceptors (Lipinski definition) is 2. The van der Waals surface area contributed by atoms with Gasteiger partial charge >= 0.3 is 0 Å². The van der Waals surface area contributed by atoms with Gasteiger partial charge in [0.25, 0.3) is 0 Å². The van der Waals surface area contributed by atoms with E-state index in [1.54, 1.807) is 0 Å². The molecule has 64 heavy (non-hydrogen) atoms. The molecule has 0 saturated heterocycles. The summed E-state index contributed by atoms with van der Waals surface area (Å²) in [6, 6.07) is 52.0. The van der Waals surface area contributed by atoms with Crippen LogP contribution in [-0.2, 0) is 10.8 Å². The quantitative estimate of drug-likeness (QED) is 0.153. The standard InChI is InChI=1S/C61H58N2S/c1-9-15-41(62-5)26-22-39-23-34-48-49-35-31-44(63(42-27-24-40(25-28-42)60(2,3)4)43-29-32-45(33-30-43)64(6,7)8)37-56(49)61(55(48)36-39)54-21-13-12-18-51(54)59-52-20-14-19-50-46-16-10-11-17-47(46)53(58(50)52)38-57(59)61/h10-11,13-17,19-38,62H,9,12,18H2,1-8H3/b26-22-,41-15+. The van der Waals surface area contributed by atoms with E-state index in [-0.39, 0.29) is 5.41 Å². The van der Waals surface area contributed by atoms with Crippen molar-refractivity contribution in [1.82, 2.24) is 5.32 Å². The van der Waals surface area contributed by atoms with E-state index in [4.69, 9.17) is 0 Å². The Labute approximate surface area is 382 Å². The smallest absolute Gasteiger partial charge is 0.0723 e. The third-order valence-electron chi connectivity index (χ3n) is 14.3. The fourth-order valence-electron chi connectivity index (χ4n) is 11.3. The molecule has 0 saturated carbocycles. The zero-order chi connectivity index (χ0) is 44.1. The highest BCUT2D eigenvalue weighted by molar-refractivity contribution is 8.32. The molecule has 7 aromatic carbocycles. The lowest BCUT2D eigenvalue weighted by molar-refractivity contribution is 0.590. The number of benzene rings is 7. The summed E-state index contributed by atoms with van der Waals surface area (Å²) in [5.74, 6) is 0. The predicted octanol–water partition coefficient (Wildman–Crippen LogP) is 16.3. The second kappa shape index (κ2) is 14.9. The molecule has 7 aromatic rings. The Balaban J connectivity index is 1.20. The Hall–Kier alpha value is -6.29. The molecule has 4 aliphatic rings. The molecule has 3 heteroatoms. The molecule has 1 spiro atoms. The van der Waals surface area contributed by atoms with Gasteiger partial charge in [-0.05, 0) is 204 Å². The van der Waals surface area contributed by atoms with Crippen molar-refractivity contribution in [2.75, 3.05) is 30.7 Å². The van der Waals surface area contributed by atoms with E-state index in [1.165, 1.54) is 105 Å². The van der Waals surface area contributed by atoms with Gasteiger partial charge in [-0.1, -0.05) is 125 Å². The molecular weight excluding hydrogens is 793 g/mol. The van der Waals surface area contributed by atoms with Crippen molar-refractivity contribution < 1.29 is 0 Å². The van der Waals surface area contributed by atoms with Crippen molar-refractivity contribution >= 4 is 49.5 Å². The van der Waals surface area contributed by atoms with Gasteiger partial charge in [-0.15, -0.1) is 0 Å². The summed E-state index contributed by atoms with van der Waals surface area (Å²) < 4.78 is 0. The van der Waals surface area contributed by atoms with Crippen LogP contribution >= 0.6 is 10.0 Å². The Bertz CT molecular complexity index is 3120. The van der Waals surface area contributed by atoms with Crippen LogP contribution < -0.4 is 10.2 Å². The van der Waals surface area contributed by atoms with Crippen molar-refractivity contribution in [3.8, 4) is 33.4 Å². The van der Waals surface area contributed by atoms with Crippen LogP contribution in [0.1, 0.15) is 80.3 Å². The highest BCUT2D eigenvalue weighted by Gasteiger charge is 2.54. The first-order chi connectivity index (χ1) is 30.9. The zero-order valence-corrected chi connectivity index (χ0v) is 39.4. The number of likely N-dealkylation sites (N-methyl/N-ethyl adjacent to an activating group) is 1. The third-order valence-corrected chi connectivity index (χ3v) is 16.0. The molecule has 1 atom stereocenters. The van der Waals surface area contributed by atoms with Crippen molar-refractivity contribution in [1.29, 1.82) is 0 Å². The van der Waals surface area contributed by atoms with Crippen LogP contribution in [0.2, 0.25) is 0 Å². The number of rotatable bonds is 8. The average molecular weight is 851 g/mol. The van der Waals surface area contributed by atoms with Crippen LogP contribution in [0.4, 0.5) is 17.1 Å². The van der Waals surface area contributed by atoms with Gasteiger partial charge in [0.2, 0.25) is 0 Å². The molecule has 1 N–H and O–H groups in total. The predicted molar refractivity (Wildman–Crippen MR) is 279 cm³/mol. The lowest BCUT2D eigenvalue weighted by Gasteiger charge is -2.34. The van der Waals surface area contributed by atoms with Gasteiger partial charge in [0.05, 0.1) is 5.41 Å². The summed E-state index contributed by atoms with van der Waals surface area (Å²) in [4.78, 5) is 3.90. The van der Waals surface area contributed by atoms with E-state index >= 15 is 0 Å².